The quantitative estimate of drug-likeness (QED) is 0.524. The topological polar surface area (TPSA) is 42.0 Å². The largest absolute Gasteiger partial charge is 0.348 e. The zero-order chi connectivity index (χ0) is 18.4. The van der Waals surface area contributed by atoms with Crippen molar-refractivity contribution in [2.24, 2.45) is 0 Å². The first-order chi connectivity index (χ1) is 12.6. The van der Waals surface area contributed by atoms with Crippen molar-refractivity contribution >= 4 is 29.2 Å². The molecule has 1 amide bonds. The van der Waals surface area contributed by atoms with Crippen molar-refractivity contribution < 1.29 is 9.18 Å². The fourth-order valence-corrected chi connectivity index (χ4v) is 2.54. The van der Waals surface area contributed by atoms with Gasteiger partial charge in [0.2, 0.25) is 0 Å². The minimum Gasteiger partial charge on any atom is -0.348 e. The van der Waals surface area contributed by atoms with Gasteiger partial charge in [-0.3, -0.25) is 9.78 Å². The number of nitrogens with zero attached hydrogens (tertiary/aromatic N) is 1. The van der Waals surface area contributed by atoms with E-state index in [4.69, 9.17) is 11.6 Å². The molecule has 0 bridgehead atoms. The van der Waals surface area contributed by atoms with E-state index in [0.717, 1.165) is 11.1 Å². The summed E-state index contributed by atoms with van der Waals surface area (Å²) >= 11 is 5.92. The monoisotopic (exact) mass is 366 g/mol. The summed E-state index contributed by atoms with van der Waals surface area (Å²) in [6.07, 6.45) is 5.10. The van der Waals surface area contributed by atoms with Gasteiger partial charge in [-0.25, -0.2) is 4.39 Å². The molecule has 2 aromatic carbocycles. The Morgan fingerprint density at radius 3 is 2.31 bits per heavy atom. The molecule has 0 aliphatic carbocycles. The van der Waals surface area contributed by atoms with Gasteiger partial charge in [0.1, 0.15) is 5.82 Å². The Balaban J connectivity index is 1.88. The number of rotatable bonds is 5. The number of hydrogen-bond acceptors (Lipinski definition) is 2. The van der Waals surface area contributed by atoms with Crippen LogP contribution >= 0.6 is 11.6 Å². The van der Waals surface area contributed by atoms with Crippen LogP contribution in [0.5, 0.6) is 0 Å². The Morgan fingerprint density at radius 1 is 1.00 bits per heavy atom. The molecular formula is C21H16ClFN2O. The standard InChI is InChI=1S/C21H16ClFN2O/c22-18-5-1-15(2-6-18)13-20(17-3-7-19(23)8-4-17)21(26)25-14-16-9-11-24-12-10-16/h1-13H,14H2,(H,25,26)/b20-13+. The van der Waals surface area contributed by atoms with Gasteiger partial charge >= 0.3 is 0 Å². The third-order valence-corrected chi connectivity index (χ3v) is 4.04. The van der Waals surface area contributed by atoms with Crippen LogP contribution in [0.3, 0.4) is 0 Å². The molecule has 0 aliphatic rings. The van der Waals surface area contributed by atoms with Crippen molar-refractivity contribution in [3.63, 3.8) is 0 Å². The highest BCUT2D eigenvalue weighted by Crippen LogP contribution is 2.20. The summed E-state index contributed by atoms with van der Waals surface area (Å²) in [6, 6.07) is 16.7. The Bertz CT molecular complexity index is 907. The second kappa shape index (κ2) is 8.41. The highest BCUT2D eigenvalue weighted by atomic mass is 35.5. The fourth-order valence-electron chi connectivity index (χ4n) is 2.41. The Kier molecular flexibility index (Phi) is 5.77. The van der Waals surface area contributed by atoms with Gasteiger partial charge in [-0.1, -0.05) is 35.9 Å². The molecule has 0 saturated carbocycles. The lowest BCUT2D eigenvalue weighted by molar-refractivity contribution is -0.115. The van der Waals surface area contributed by atoms with Gasteiger partial charge in [0.15, 0.2) is 0 Å². The molecule has 130 valence electrons. The van der Waals surface area contributed by atoms with Gasteiger partial charge in [-0.2, -0.15) is 0 Å². The van der Waals surface area contributed by atoms with Gasteiger partial charge in [0, 0.05) is 29.5 Å². The van der Waals surface area contributed by atoms with Crippen LogP contribution in [0.4, 0.5) is 4.39 Å². The molecule has 0 spiro atoms. The molecule has 1 N–H and O–H groups in total. The van der Waals surface area contributed by atoms with Gasteiger partial charge in [-0.15, -0.1) is 0 Å². The Hall–Kier alpha value is -2.98. The fraction of sp³-hybridized carbons (Fsp3) is 0.0476. The summed E-state index contributed by atoms with van der Waals surface area (Å²) in [5.74, 6) is -0.597. The van der Waals surface area contributed by atoms with Crippen molar-refractivity contribution in [1.29, 1.82) is 0 Å². The predicted molar refractivity (Wildman–Crippen MR) is 102 cm³/mol. The summed E-state index contributed by atoms with van der Waals surface area (Å²) in [6.45, 7) is 0.376. The average Bonchev–Trinajstić information content (AvgIpc) is 2.67. The number of benzene rings is 2. The minimum atomic E-state index is -0.350. The molecule has 0 unspecified atom stereocenters. The summed E-state index contributed by atoms with van der Waals surface area (Å²) < 4.78 is 13.3. The van der Waals surface area contributed by atoms with E-state index in [-0.39, 0.29) is 11.7 Å². The number of halogens is 2. The van der Waals surface area contributed by atoms with Gasteiger partial charge in [0.25, 0.3) is 5.91 Å². The first-order valence-electron chi connectivity index (χ1n) is 8.02. The van der Waals surface area contributed by atoms with Crippen LogP contribution in [0.15, 0.2) is 73.1 Å². The second-order valence-corrected chi connectivity index (χ2v) is 6.09. The van der Waals surface area contributed by atoms with E-state index in [1.165, 1.54) is 12.1 Å². The second-order valence-electron chi connectivity index (χ2n) is 5.65. The molecule has 26 heavy (non-hydrogen) atoms. The number of carbonyl (C=O) groups is 1. The Labute approximate surface area is 156 Å². The average molecular weight is 367 g/mol. The highest BCUT2D eigenvalue weighted by Gasteiger charge is 2.12. The molecule has 5 heteroatoms. The van der Waals surface area contributed by atoms with Gasteiger partial charge in [-0.05, 0) is 59.2 Å². The van der Waals surface area contributed by atoms with Crippen LogP contribution in [-0.4, -0.2) is 10.9 Å². The van der Waals surface area contributed by atoms with E-state index in [9.17, 15) is 9.18 Å². The van der Waals surface area contributed by atoms with E-state index in [1.54, 1.807) is 42.7 Å². The van der Waals surface area contributed by atoms with E-state index in [2.05, 4.69) is 10.3 Å². The van der Waals surface area contributed by atoms with E-state index >= 15 is 0 Å². The van der Waals surface area contributed by atoms with Crippen LogP contribution in [0.1, 0.15) is 16.7 Å². The van der Waals surface area contributed by atoms with Crippen LogP contribution in [0, 0.1) is 5.82 Å². The zero-order valence-electron chi connectivity index (χ0n) is 13.8. The van der Waals surface area contributed by atoms with Crippen LogP contribution < -0.4 is 5.32 Å². The third kappa shape index (κ3) is 4.77. The lowest BCUT2D eigenvalue weighted by Gasteiger charge is -2.10. The molecule has 3 rings (SSSR count). The smallest absolute Gasteiger partial charge is 0.252 e. The predicted octanol–water partition coefficient (Wildman–Crippen LogP) is 4.73. The van der Waals surface area contributed by atoms with Crippen LogP contribution in [0.2, 0.25) is 5.02 Å². The molecule has 1 heterocycles. The zero-order valence-corrected chi connectivity index (χ0v) is 14.6. The van der Waals surface area contributed by atoms with E-state index < -0.39 is 0 Å². The number of aromatic nitrogens is 1. The summed E-state index contributed by atoms with van der Waals surface area (Å²) in [4.78, 5) is 16.7. The number of amides is 1. The SMILES string of the molecule is O=C(NCc1ccncc1)/C(=C/c1ccc(Cl)cc1)c1ccc(F)cc1. The first kappa shape index (κ1) is 17.8. The molecule has 0 saturated heterocycles. The van der Waals surface area contributed by atoms with Crippen LogP contribution in [-0.2, 0) is 11.3 Å². The van der Waals surface area contributed by atoms with Crippen molar-refractivity contribution in [2.45, 2.75) is 6.54 Å². The third-order valence-electron chi connectivity index (χ3n) is 3.78. The molecule has 0 aliphatic heterocycles. The lowest BCUT2D eigenvalue weighted by Crippen LogP contribution is -2.23. The maximum Gasteiger partial charge on any atom is 0.252 e. The lowest BCUT2D eigenvalue weighted by atomic mass is 10.0. The molecule has 0 fully saturated rings. The molecule has 0 radical (unpaired) electrons. The van der Waals surface area contributed by atoms with Crippen LogP contribution in [0.25, 0.3) is 11.6 Å². The van der Waals surface area contributed by atoms with Gasteiger partial charge in [0.05, 0.1) is 0 Å². The number of carbonyl (C=O) groups excluding carboxylic acids is 1. The normalized spacial score (nSPS) is 11.2. The van der Waals surface area contributed by atoms with E-state index in [0.29, 0.717) is 22.7 Å². The van der Waals surface area contributed by atoms with E-state index in [1.807, 2.05) is 24.3 Å². The highest BCUT2D eigenvalue weighted by molar-refractivity contribution is 6.30. The van der Waals surface area contributed by atoms with Crippen molar-refractivity contribution in [2.75, 3.05) is 0 Å². The summed E-state index contributed by atoms with van der Waals surface area (Å²) in [5.41, 5.74) is 2.85. The van der Waals surface area contributed by atoms with Crippen molar-refractivity contribution in [3.05, 3.63) is 101 Å². The number of pyridine rings is 1. The number of nitrogens with one attached hydrogen (secondary N) is 1. The molecule has 3 nitrogen and oxygen atoms in total. The molecular weight excluding hydrogens is 351 g/mol. The molecule has 0 atom stereocenters. The summed E-state index contributed by atoms with van der Waals surface area (Å²) in [5, 5.41) is 3.51. The van der Waals surface area contributed by atoms with Gasteiger partial charge < -0.3 is 5.32 Å². The minimum absolute atomic E-state index is 0.247. The maximum absolute atomic E-state index is 13.3. The molecule has 1 aromatic heterocycles. The molecule has 3 aromatic rings. The van der Waals surface area contributed by atoms with Crippen molar-refractivity contribution in [3.8, 4) is 0 Å². The van der Waals surface area contributed by atoms with Crippen molar-refractivity contribution in [1.82, 2.24) is 10.3 Å². The maximum atomic E-state index is 13.3. The Morgan fingerprint density at radius 2 is 1.65 bits per heavy atom. The number of hydrogen-bond donors (Lipinski definition) is 1. The first-order valence-corrected chi connectivity index (χ1v) is 8.40. The summed E-state index contributed by atoms with van der Waals surface area (Å²) in [7, 11) is 0.